The molecule has 34 heavy (non-hydrogen) atoms. The van der Waals surface area contributed by atoms with Gasteiger partial charge in [0, 0.05) is 17.2 Å². The first-order chi connectivity index (χ1) is 16.2. The Morgan fingerprint density at radius 2 is 1.71 bits per heavy atom. The van der Waals surface area contributed by atoms with Gasteiger partial charge in [0.25, 0.3) is 11.8 Å². The Balaban J connectivity index is 1.65. The number of rotatable bonds is 9. The summed E-state index contributed by atoms with van der Waals surface area (Å²) >= 11 is 0. The van der Waals surface area contributed by atoms with Crippen LogP contribution in [0.5, 0.6) is 17.2 Å². The molecule has 10 heteroatoms. The van der Waals surface area contributed by atoms with Crippen molar-refractivity contribution >= 4 is 29.3 Å². The predicted octanol–water partition coefficient (Wildman–Crippen LogP) is 2.22. The van der Waals surface area contributed by atoms with Crippen LogP contribution in [-0.2, 0) is 14.3 Å². The van der Waals surface area contributed by atoms with Crippen molar-refractivity contribution in [3.63, 3.8) is 0 Å². The molecule has 2 amide bonds. The lowest BCUT2D eigenvalue weighted by molar-refractivity contribution is -0.146. The number of Topliss-reactive ketones (excluding diaryl/α,β-unsaturated/α-hetero) is 1. The number of hydrogen-bond donors (Lipinski definition) is 2. The van der Waals surface area contributed by atoms with Crippen LogP contribution < -0.4 is 24.8 Å². The highest BCUT2D eigenvalue weighted by atomic mass is 16.5. The molecule has 2 N–H and O–H groups in total. The van der Waals surface area contributed by atoms with E-state index in [1.54, 1.807) is 26.0 Å². The zero-order chi connectivity index (χ0) is 24.8. The van der Waals surface area contributed by atoms with E-state index in [1.165, 1.54) is 38.5 Å². The van der Waals surface area contributed by atoms with Gasteiger partial charge >= 0.3 is 5.97 Å². The minimum absolute atomic E-state index is 0.0945. The molecular weight excluding hydrogens is 444 g/mol. The third-order valence-electron chi connectivity index (χ3n) is 5.10. The van der Waals surface area contributed by atoms with E-state index in [9.17, 15) is 19.2 Å². The number of anilines is 1. The number of methoxy groups -OCH3 is 2. The van der Waals surface area contributed by atoms with Gasteiger partial charge in [0.2, 0.25) is 0 Å². The molecule has 0 aromatic heterocycles. The van der Waals surface area contributed by atoms with E-state index in [1.807, 2.05) is 0 Å². The summed E-state index contributed by atoms with van der Waals surface area (Å²) < 4.78 is 20.8. The second-order valence-corrected chi connectivity index (χ2v) is 7.88. The second kappa shape index (κ2) is 10.7. The monoisotopic (exact) mass is 470 g/mol. The van der Waals surface area contributed by atoms with Crippen LogP contribution in [0.3, 0.4) is 0 Å². The fourth-order valence-corrected chi connectivity index (χ4v) is 3.23. The van der Waals surface area contributed by atoms with Crippen LogP contribution in [0.1, 0.15) is 34.6 Å². The molecule has 0 saturated heterocycles. The number of esters is 1. The van der Waals surface area contributed by atoms with Crippen LogP contribution in [-0.4, -0.2) is 57.0 Å². The summed E-state index contributed by atoms with van der Waals surface area (Å²) in [6.45, 7) is 2.86. The Morgan fingerprint density at radius 3 is 2.32 bits per heavy atom. The number of ketones is 1. The van der Waals surface area contributed by atoms with Gasteiger partial charge in [-0.15, -0.1) is 0 Å². The van der Waals surface area contributed by atoms with E-state index < -0.39 is 30.3 Å². The zero-order valence-corrected chi connectivity index (χ0v) is 19.3. The maximum Gasteiger partial charge on any atom is 0.329 e. The summed E-state index contributed by atoms with van der Waals surface area (Å²) in [5, 5.41) is 5.26. The second-order valence-electron chi connectivity index (χ2n) is 7.88. The Kier molecular flexibility index (Phi) is 7.72. The summed E-state index contributed by atoms with van der Waals surface area (Å²) in [5.74, 6) is -1.09. The molecule has 0 aliphatic carbocycles. The zero-order valence-electron chi connectivity index (χ0n) is 19.3. The van der Waals surface area contributed by atoms with Gasteiger partial charge in [-0.25, -0.2) is 4.79 Å². The van der Waals surface area contributed by atoms with Crippen LogP contribution in [0, 0.1) is 5.92 Å². The molecule has 2 aromatic carbocycles. The summed E-state index contributed by atoms with van der Waals surface area (Å²) in [6.07, 6.45) is 0. The number of ether oxygens (including phenoxy) is 4. The Bertz CT molecular complexity index is 1090. The first-order valence-electron chi connectivity index (χ1n) is 10.5. The van der Waals surface area contributed by atoms with Crippen LogP contribution in [0.4, 0.5) is 5.69 Å². The molecule has 0 bridgehead atoms. The van der Waals surface area contributed by atoms with Crippen molar-refractivity contribution in [2.45, 2.75) is 19.9 Å². The third-order valence-corrected chi connectivity index (χ3v) is 5.10. The van der Waals surface area contributed by atoms with Gasteiger partial charge in [-0.2, -0.15) is 0 Å². The van der Waals surface area contributed by atoms with Crippen molar-refractivity contribution in [1.82, 2.24) is 5.32 Å². The minimum Gasteiger partial charge on any atom is -0.497 e. The Hall–Kier alpha value is -4.08. The van der Waals surface area contributed by atoms with Crippen molar-refractivity contribution in [2.75, 3.05) is 32.8 Å². The Labute approximate surface area is 196 Å². The minimum atomic E-state index is -0.992. The topological polar surface area (TPSA) is 129 Å². The lowest BCUT2D eigenvalue weighted by atomic mass is 10.0. The fourth-order valence-electron chi connectivity index (χ4n) is 3.23. The van der Waals surface area contributed by atoms with Crippen LogP contribution in [0.2, 0.25) is 0 Å². The smallest absolute Gasteiger partial charge is 0.329 e. The van der Waals surface area contributed by atoms with Crippen molar-refractivity contribution in [2.24, 2.45) is 5.92 Å². The maximum atomic E-state index is 12.8. The SMILES string of the molecule is COc1cc(OC)cc(C(=O)N[C@@H](C(=O)OCC(=O)c2ccc3c(c2)NC(=O)CO3)C(C)C)c1. The quantitative estimate of drug-likeness (QED) is 0.422. The van der Waals surface area contributed by atoms with Crippen molar-refractivity contribution in [3.8, 4) is 17.2 Å². The molecule has 1 atom stereocenters. The van der Waals surface area contributed by atoms with E-state index >= 15 is 0 Å². The molecule has 1 aliphatic rings. The predicted molar refractivity (Wildman–Crippen MR) is 121 cm³/mol. The maximum absolute atomic E-state index is 12.8. The molecule has 1 heterocycles. The lowest BCUT2D eigenvalue weighted by Gasteiger charge is -2.21. The van der Waals surface area contributed by atoms with Crippen LogP contribution >= 0.6 is 0 Å². The first kappa shape index (κ1) is 24.6. The number of carbonyl (C=O) groups excluding carboxylic acids is 4. The fraction of sp³-hybridized carbons (Fsp3) is 0.333. The van der Waals surface area contributed by atoms with Crippen LogP contribution in [0.15, 0.2) is 36.4 Å². The number of nitrogens with one attached hydrogen (secondary N) is 2. The first-order valence-corrected chi connectivity index (χ1v) is 10.5. The van der Waals surface area contributed by atoms with Gasteiger partial charge in [-0.1, -0.05) is 13.8 Å². The molecule has 180 valence electrons. The van der Waals surface area contributed by atoms with E-state index in [-0.39, 0.29) is 29.6 Å². The molecule has 3 rings (SSSR count). The number of benzene rings is 2. The number of carbonyl (C=O) groups is 4. The highest BCUT2D eigenvalue weighted by Gasteiger charge is 2.27. The third kappa shape index (κ3) is 5.83. The van der Waals surface area contributed by atoms with Gasteiger partial charge in [0.05, 0.1) is 19.9 Å². The van der Waals surface area contributed by atoms with Crippen molar-refractivity contribution in [1.29, 1.82) is 0 Å². The summed E-state index contributed by atoms with van der Waals surface area (Å²) in [6, 6.07) is 8.20. The Morgan fingerprint density at radius 1 is 1.03 bits per heavy atom. The summed E-state index contributed by atoms with van der Waals surface area (Å²) in [7, 11) is 2.93. The number of amides is 2. The molecule has 2 aromatic rings. The van der Waals surface area contributed by atoms with Gasteiger partial charge in [-0.3, -0.25) is 14.4 Å². The average molecular weight is 470 g/mol. The van der Waals surface area contributed by atoms with Crippen molar-refractivity contribution in [3.05, 3.63) is 47.5 Å². The lowest BCUT2D eigenvalue weighted by Crippen LogP contribution is -2.45. The molecule has 0 spiro atoms. The highest BCUT2D eigenvalue weighted by Crippen LogP contribution is 2.28. The number of fused-ring (bicyclic) bond motifs is 1. The molecule has 0 saturated carbocycles. The highest BCUT2D eigenvalue weighted by molar-refractivity contribution is 6.02. The van der Waals surface area contributed by atoms with E-state index in [0.717, 1.165) is 0 Å². The average Bonchev–Trinajstić information content (AvgIpc) is 2.84. The van der Waals surface area contributed by atoms with Gasteiger partial charge < -0.3 is 29.6 Å². The van der Waals surface area contributed by atoms with Crippen molar-refractivity contribution < 1.29 is 38.1 Å². The molecular formula is C24H26N2O8. The largest absolute Gasteiger partial charge is 0.497 e. The molecule has 10 nitrogen and oxygen atoms in total. The van der Waals surface area contributed by atoms with Crippen LogP contribution in [0.25, 0.3) is 0 Å². The van der Waals surface area contributed by atoms with Gasteiger partial charge in [0.1, 0.15) is 23.3 Å². The van der Waals surface area contributed by atoms with E-state index in [2.05, 4.69) is 10.6 Å². The van der Waals surface area contributed by atoms with Gasteiger partial charge in [0.15, 0.2) is 19.0 Å². The van der Waals surface area contributed by atoms with Gasteiger partial charge in [-0.05, 0) is 36.2 Å². The molecule has 0 radical (unpaired) electrons. The summed E-state index contributed by atoms with van der Waals surface area (Å²) in [4.78, 5) is 49.5. The summed E-state index contributed by atoms with van der Waals surface area (Å²) in [5.41, 5.74) is 0.851. The molecule has 1 aliphatic heterocycles. The molecule has 0 unspecified atom stereocenters. The standard InChI is InChI=1S/C24H26N2O8/c1-13(2)22(26-23(29)15-7-16(31-3)10-17(8-15)32-4)24(30)34-11-19(27)14-5-6-20-18(9-14)25-21(28)12-33-20/h5-10,13,22H,11-12H2,1-4H3,(H,25,28)(H,26,29)/t22-/m1/s1. The molecule has 0 fully saturated rings. The van der Waals surface area contributed by atoms with E-state index in [0.29, 0.717) is 22.9 Å². The normalized spacial score (nSPS) is 13.1. The number of hydrogen-bond acceptors (Lipinski definition) is 8. The van der Waals surface area contributed by atoms with E-state index in [4.69, 9.17) is 18.9 Å².